The molecule has 1 aliphatic carbocycles. The third-order valence-corrected chi connectivity index (χ3v) is 7.49. The lowest BCUT2D eigenvalue weighted by atomic mass is 9.88. The third kappa shape index (κ3) is 6.81. The number of aliphatic imine (C=N–C) groups is 1. The summed E-state index contributed by atoms with van der Waals surface area (Å²) in [5.41, 5.74) is 1.34. The van der Waals surface area contributed by atoms with Crippen LogP contribution >= 0.6 is 24.0 Å². The summed E-state index contributed by atoms with van der Waals surface area (Å²) in [7, 11) is 1.88. The van der Waals surface area contributed by atoms with E-state index in [9.17, 15) is 0 Å². The number of likely N-dealkylation sites (tertiary alicyclic amines) is 1. The van der Waals surface area contributed by atoms with Gasteiger partial charge in [-0.2, -0.15) is 0 Å². The lowest BCUT2D eigenvalue weighted by Gasteiger charge is -2.41. The number of hydrogen-bond donors (Lipinski definition) is 3. The van der Waals surface area contributed by atoms with Gasteiger partial charge < -0.3 is 20.7 Å². The van der Waals surface area contributed by atoms with Gasteiger partial charge >= 0.3 is 0 Å². The molecule has 3 fully saturated rings. The van der Waals surface area contributed by atoms with Gasteiger partial charge in [-0.1, -0.05) is 43.2 Å². The second-order valence-corrected chi connectivity index (χ2v) is 9.66. The lowest BCUT2D eigenvalue weighted by molar-refractivity contribution is 0.0354. The normalized spacial score (nSPS) is 25.3. The van der Waals surface area contributed by atoms with Gasteiger partial charge in [0.05, 0.1) is 0 Å². The highest BCUT2D eigenvalue weighted by Gasteiger charge is 2.35. The van der Waals surface area contributed by atoms with Gasteiger partial charge in [-0.3, -0.25) is 9.89 Å². The topological polar surface area (TPSA) is 60.9 Å². The average Bonchev–Trinajstić information content (AvgIpc) is 3.50. The van der Waals surface area contributed by atoms with Crippen molar-refractivity contribution in [2.24, 2.45) is 4.99 Å². The highest BCUT2D eigenvalue weighted by Crippen LogP contribution is 2.27. The molecule has 4 rings (SSSR count). The molecule has 0 amide bonds. The van der Waals surface area contributed by atoms with Crippen molar-refractivity contribution >= 4 is 29.9 Å². The highest BCUT2D eigenvalue weighted by molar-refractivity contribution is 14.0. The van der Waals surface area contributed by atoms with Gasteiger partial charge in [0.25, 0.3) is 0 Å². The summed E-state index contributed by atoms with van der Waals surface area (Å²) in [6.45, 7) is 7.09. The van der Waals surface area contributed by atoms with Crippen LogP contribution in [0.4, 0.5) is 0 Å². The number of rotatable bonds is 7. The van der Waals surface area contributed by atoms with Crippen molar-refractivity contribution < 1.29 is 4.74 Å². The second kappa shape index (κ2) is 12.5. The van der Waals surface area contributed by atoms with Gasteiger partial charge in [0.2, 0.25) is 0 Å². The first kappa shape index (κ1) is 25.7. The molecule has 0 radical (unpaired) electrons. The lowest BCUT2D eigenvalue weighted by Crippen LogP contribution is -2.59. The zero-order valence-electron chi connectivity index (χ0n) is 19.8. The van der Waals surface area contributed by atoms with Crippen LogP contribution in [0, 0.1) is 0 Å². The van der Waals surface area contributed by atoms with E-state index >= 15 is 0 Å². The molecule has 0 aromatic heterocycles. The van der Waals surface area contributed by atoms with Crippen molar-refractivity contribution in [1.82, 2.24) is 20.9 Å². The molecule has 3 aliphatic rings. The minimum Gasteiger partial charge on any atom is -0.381 e. The van der Waals surface area contributed by atoms with E-state index in [-0.39, 0.29) is 29.5 Å². The summed E-state index contributed by atoms with van der Waals surface area (Å²) in [6.07, 6.45) is 8.80. The second-order valence-electron chi connectivity index (χ2n) is 9.66. The van der Waals surface area contributed by atoms with Gasteiger partial charge in [-0.05, 0) is 44.6 Å². The summed E-state index contributed by atoms with van der Waals surface area (Å²) in [5.74, 6) is 0.929. The van der Waals surface area contributed by atoms with Gasteiger partial charge in [0, 0.05) is 63.6 Å². The molecule has 2 aliphatic heterocycles. The maximum atomic E-state index is 5.69. The van der Waals surface area contributed by atoms with Crippen molar-refractivity contribution in [2.45, 2.75) is 75.5 Å². The van der Waals surface area contributed by atoms with Crippen LogP contribution in [0.5, 0.6) is 0 Å². The highest BCUT2D eigenvalue weighted by atomic mass is 127. The smallest absolute Gasteiger partial charge is 0.191 e. The molecule has 32 heavy (non-hydrogen) atoms. The molecule has 3 N–H and O–H groups in total. The number of nitrogens with zero attached hydrogens (tertiary/aromatic N) is 2. The fourth-order valence-electron chi connectivity index (χ4n) is 5.57. The number of halogens is 1. The third-order valence-electron chi connectivity index (χ3n) is 7.49. The van der Waals surface area contributed by atoms with E-state index in [2.05, 4.69) is 63.1 Å². The fourth-order valence-corrected chi connectivity index (χ4v) is 5.57. The Kier molecular flexibility index (Phi) is 10.1. The van der Waals surface area contributed by atoms with Crippen molar-refractivity contribution in [3.8, 4) is 0 Å². The molecule has 7 heteroatoms. The van der Waals surface area contributed by atoms with Crippen LogP contribution in [0.25, 0.3) is 0 Å². The van der Waals surface area contributed by atoms with Gasteiger partial charge in [0.1, 0.15) is 0 Å². The van der Waals surface area contributed by atoms with E-state index in [4.69, 9.17) is 4.74 Å². The Morgan fingerprint density at radius 1 is 1.16 bits per heavy atom. The average molecular weight is 556 g/mol. The first-order valence-electron chi connectivity index (χ1n) is 12.3. The Morgan fingerprint density at radius 3 is 2.56 bits per heavy atom. The maximum Gasteiger partial charge on any atom is 0.191 e. The number of guanidine groups is 1. The molecule has 2 heterocycles. The largest absolute Gasteiger partial charge is 0.381 e. The van der Waals surface area contributed by atoms with Crippen LogP contribution in [0.3, 0.4) is 0 Å². The Balaban J connectivity index is 0.00000289. The molecule has 0 bridgehead atoms. The monoisotopic (exact) mass is 555 g/mol. The van der Waals surface area contributed by atoms with Crippen molar-refractivity contribution in [3.05, 3.63) is 35.9 Å². The van der Waals surface area contributed by atoms with Crippen molar-refractivity contribution in [2.75, 3.05) is 39.9 Å². The molecule has 1 aromatic rings. The van der Waals surface area contributed by atoms with E-state index in [1.807, 2.05) is 7.05 Å². The molecule has 0 spiro atoms. The van der Waals surface area contributed by atoms with Crippen molar-refractivity contribution in [3.63, 3.8) is 0 Å². The number of benzene rings is 1. The molecular formula is C25H42IN5O. The number of ether oxygens (including phenoxy) is 1. The van der Waals surface area contributed by atoms with Gasteiger partial charge in [0.15, 0.2) is 5.96 Å². The van der Waals surface area contributed by atoms with Gasteiger partial charge in [-0.15, -0.1) is 24.0 Å². The molecule has 1 saturated carbocycles. The minimum atomic E-state index is 0. The van der Waals surface area contributed by atoms with Crippen molar-refractivity contribution in [1.29, 1.82) is 0 Å². The quantitative estimate of drug-likeness (QED) is 0.272. The summed E-state index contributed by atoms with van der Waals surface area (Å²) in [4.78, 5) is 7.24. The molecule has 2 atom stereocenters. The summed E-state index contributed by atoms with van der Waals surface area (Å²) >= 11 is 0. The zero-order valence-corrected chi connectivity index (χ0v) is 22.1. The Morgan fingerprint density at radius 2 is 1.88 bits per heavy atom. The summed E-state index contributed by atoms with van der Waals surface area (Å²) < 4.78 is 5.69. The molecule has 1 aromatic carbocycles. The minimum absolute atomic E-state index is 0. The molecule has 2 saturated heterocycles. The van der Waals surface area contributed by atoms with E-state index < -0.39 is 0 Å². The van der Waals surface area contributed by atoms with Crippen LogP contribution in [0.15, 0.2) is 35.3 Å². The molecule has 2 unspecified atom stereocenters. The maximum absolute atomic E-state index is 5.69. The zero-order chi connectivity index (χ0) is 21.5. The van der Waals surface area contributed by atoms with E-state index in [0.717, 1.165) is 51.1 Å². The number of hydrogen-bond acceptors (Lipinski definition) is 4. The Bertz CT molecular complexity index is 704. The van der Waals surface area contributed by atoms with Gasteiger partial charge in [-0.25, -0.2) is 0 Å². The Labute approximate surface area is 211 Å². The SMILES string of the molecule is CN=C(NCC1(NC(C)c2ccccc2)CCOCC1)NC1CCN(C2CCCC2)C1.I. The predicted molar refractivity (Wildman–Crippen MR) is 143 cm³/mol. The summed E-state index contributed by atoms with van der Waals surface area (Å²) in [6, 6.07) is 12.3. The first-order valence-corrected chi connectivity index (χ1v) is 12.3. The van der Waals surface area contributed by atoms with E-state index in [1.165, 1.54) is 44.2 Å². The van der Waals surface area contributed by atoms with Crippen LogP contribution < -0.4 is 16.0 Å². The first-order chi connectivity index (χ1) is 15.2. The van der Waals surface area contributed by atoms with Crippen LogP contribution in [-0.2, 0) is 4.74 Å². The number of nitrogens with one attached hydrogen (secondary N) is 3. The molecule has 180 valence electrons. The predicted octanol–water partition coefficient (Wildman–Crippen LogP) is 3.69. The van der Waals surface area contributed by atoms with Crippen LogP contribution in [-0.4, -0.2) is 68.4 Å². The van der Waals surface area contributed by atoms with E-state index in [0.29, 0.717) is 12.1 Å². The Hall–Kier alpha value is -0.900. The van der Waals surface area contributed by atoms with E-state index in [1.54, 1.807) is 0 Å². The standard InChI is InChI=1S/C25H41N5O.HI/c1-20(21-8-4-3-5-9-21)29-25(13-16-31-17-14-25)19-27-24(26-2)28-22-12-15-30(18-22)23-10-6-7-11-23;/h3-5,8-9,20,22-23,29H,6-7,10-19H2,1-2H3,(H2,26,27,28);1H. The fraction of sp³-hybridized carbons (Fsp3) is 0.720. The molecular weight excluding hydrogens is 513 g/mol. The van der Waals surface area contributed by atoms with Crippen LogP contribution in [0.1, 0.15) is 63.5 Å². The van der Waals surface area contributed by atoms with Crippen LogP contribution in [0.2, 0.25) is 0 Å². The molecule has 6 nitrogen and oxygen atoms in total. The summed E-state index contributed by atoms with van der Waals surface area (Å²) in [5, 5.41) is 11.3.